The van der Waals surface area contributed by atoms with Gasteiger partial charge in [0.25, 0.3) is 5.69 Å². The predicted octanol–water partition coefficient (Wildman–Crippen LogP) is -0.478. The van der Waals surface area contributed by atoms with E-state index in [2.05, 4.69) is 5.29 Å². The van der Waals surface area contributed by atoms with E-state index >= 15 is 0 Å². The van der Waals surface area contributed by atoms with Crippen molar-refractivity contribution in [2.45, 2.75) is 24.5 Å². The number of non-ortho nitro benzene ring substituents is 1. The number of hydrogen-bond donors (Lipinski definition) is 3. The predicted molar refractivity (Wildman–Crippen MR) is 69.1 cm³/mol. The zero-order chi connectivity index (χ0) is 15.6. The Bertz CT molecular complexity index is 523. The first-order valence-corrected chi connectivity index (χ1v) is 5.98. The minimum atomic E-state index is -1.57. The van der Waals surface area contributed by atoms with Crippen LogP contribution in [0.25, 0.3) is 0 Å². The summed E-state index contributed by atoms with van der Waals surface area (Å²) in [5, 5.41) is 42.8. The maximum absolute atomic E-state index is 11.0. The molecule has 0 aromatic heterocycles. The van der Waals surface area contributed by atoms with Crippen molar-refractivity contribution in [3.05, 3.63) is 39.3 Å². The summed E-state index contributed by atoms with van der Waals surface area (Å²) in [7, 11) is 0. The van der Waals surface area contributed by atoms with E-state index in [0.717, 1.165) is 17.1 Å². The summed E-state index contributed by atoms with van der Waals surface area (Å²) in [6.07, 6.45) is -5.64. The number of aliphatic hydroxyl groups is 3. The molecule has 1 unspecified atom stereocenters. The van der Waals surface area contributed by atoms with Gasteiger partial charge < -0.3 is 20.1 Å². The third-order valence-corrected chi connectivity index (χ3v) is 3.13. The number of anilines is 1. The first-order chi connectivity index (χ1) is 9.95. The second kappa shape index (κ2) is 6.10. The van der Waals surface area contributed by atoms with Crippen molar-refractivity contribution in [2.75, 3.05) is 11.6 Å². The number of nitroso groups, excluding NO2 is 1. The zero-order valence-corrected chi connectivity index (χ0v) is 10.6. The molecule has 21 heavy (non-hydrogen) atoms. The molecule has 1 aromatic rings. The lowest BCUT2D eigenvalue weighted by molar-refractivity contribution is -0.384. The van der Waals surface area contributed by atoms with Gasteiger partial charge in [-0.3, -0.25) is 10.1 Å². The molecule has 1 aliphatic heterocycles. The Kier molecular flexibility index (Phi) is 4.43. The van der Waals surface area contributed by atoms with Crippen molar-refractivity contribution in [2.24, 2.45) is 5.29 Å². The Morgan fingerprint density at radius 3 is 2.38 bits per heavy atom. The first-order valence-electron chi connectivity index (χ1n) is 5.98. The van der Waals surface area contributed by atoms with Crippen LogP contribution >= 0.6 is 0 Å². The van der Waals surface area contributed by atoms with Gasteiger partial charge in [0.2, 0.25) is 0 Å². The van der Waals surface area contributed by atoms with Crippen LogP contribution in [-0.4, -0.2) is 51.4 Å². The molecule has 1 aromatic carbocycles. The lowest BCUT2D eigenvalue weighted by atomic mass is 10.0. The Balaban J connectivity index is 2.23. The number of nitro benzene ring substituents is 1. The van der Waals surface area contributed by atoms with Crippen molar-refractivity contribution in [3.8, 4) is 0 Å². The van der Waals surface area contributed by atoms with E-state index in [0.29, 0.717) is 0 Å². The highest BCUT2D eigenvalue weighted by Crippen LogP contribution is 2.26. The van der Waals surface area contributed by atoms with Crippen LogP contribution in [0.4, 0.5) is 11.4 Å². The highest BCUT2D eigenvalue weighted by molar-refractivity contribution is 5.50. The average molecular weight is 299 g/mol. The summed E-state index contributed by atoms with van der Waals surface area (Å²) >= 11 is 0. The van der Waals surface area contributed by atoms with E-state index in [1.54, 1.807) is 0 Å². The second-order valence-corrected chi connectivity index (χ2v) is 4.47. The lowest BCUT2D eigenvalue weighted by Gasteiger charge is -2.38. The molecule has 4 atom stereocenters. The number of ether oxygens (including phenoxy) is 1. The number of hydrogen-bond acceptors (Lipinski definition) is 8. The number of rotatable bonds is 4. The molecule has 0 radical (unpaired) electrons. The molecule has 2 rings (SSSR count). The largest absolute Gasteiger partial charge is 0.388 e. The van der Waals surface area contributed by atoms with Gasteiger partial charge in [0, 0.05) is 12.1 Å². The Morgan fingerprint density at radius 2 is 1.86 bits per heavy atom. The van der Waals surface area contributed by atoms with Gasteiger partial charge in [-0.15, -0.1) is 4.91 Å². The molecule has 0 aliphatic carbocycles. The fraction of sp³-hybridized carbons (Fsp3) is 0.455. The van der Waals surface area contributed by atoms with E-state index in [9.17, 15) is 30.3 Å². The van der Waals surface area contributed by atoms with E-state index in [4.69, 9.17) is 4.74 Å². The van der Waals surface area contributed by atoms with Gasteiger partial charge in [0.05, 0.1) is 22.5 Å². The summed E-state index contributed by atoms with van der Waals surface area (Å²) < 4.78 is 5.10. The van der Waals surface area contributed by atoms with E-state index in [1.807, 2.05) is 0 Å². The van der Waals surface area contributed by atoms with E-state index < -0.39 is 29.5 Å². The van der Waals surface area contributed by atoms with Crippen LogP contribution < -0.4 is 5.01 Å². The van der Waals surface area contributed by atoms with Crippen molar-refractivity contribution in [3.63, 3.8) is 0 Å². The fourth-order valence-electron chi connectivity index (χ4n) is 1.97. The number of benzene rings is 1. The van der Waals surface area contributed by atoms with Crippen LogP contribution in [0.2, 0.25) is 0 Å². The number of nitrogens with zero attached hydrogens (tertiary/aromatic N) is 3. The molecule has 1 aliphatic rings. The van der Waals surface area contributed by atoms with Gasteiger partial charge >= 0.3 is 0 Å². The molecule has 1 heterocycles. The molecular formula is C11H13N3O7. The Labute approximate surface area is 118 Å². The molecule has 0 bridgehead atoms. The summed E-state index contributed by atoms with van der Waals surface area (Å²) in [6.45, 7) is -0.290. The van der Waals surface area contributed by atoms with Crippen molar-refractivity contribution in [1.82, 2.24) is 0 Å². The lowest BCUT2D eigenvalue weighted by Crippen LogP contribution is -2.58. The molecule has 1 saturated heterocycles. The van der Waals surface area contributed by atoms with Crippen molar-refractivity contribution >= 4 is 11.4 Å². The standard InChI is InChI=1S/C11H13N3O7/c15-8-5-21-11(10(17)9(8)16)13(12-18)6-1-3-7(4-2-6)14(19)20/h1-4,8-11,15-17H,5H2/t8-,9+,10-,11?/m1/s1. The van der Waals surface area contributed by atoms with Crippen LogP contribution in [0, 0.1) is 15.0 Å². The molecule has 0 spiro atoms. The third-order valence-electron chi connectivity index (χ3n) is 3.13. The molecular weight excluding hydrogens is 286 g/mol. The topological polar surface area (TPSA) is 146 Å². The zero-order valence-electron chi connectivity index (χ0n) is 10.6. The minimum Gasteiger partial charge on any atom is -0.388 e. The molecule has 0 saturated carbocycles. The van der Waals surface area contributed by atoms with Crippen molar-refractivity contribution in [1.29, 1.82) is 0 Å². The van der Waals surface area contributed by atoms with Crippen molar-refractivity contribution < 1.29 is 25.0 Å². The average Bonchev–Trinajstić information content (AvgIpc) is 2.48. The van der Waals surface area contributed by atoms with Gasteiger partial charge in [-0.25, -0.2) is 0 Å². The minimum absolute atomic E-state index is 0.142. The normalized spacial score (nSPS) is 28.9. The van der Waals surface area contributed by atoms with Crippen LogP contribution in [0.3, 0.4) is 0 Å². The highest BCUT2D eigenvalue weighted by atomic mass is 16.6. The quantitative estimate of drug-likeness (QED) is 0.384. The van der Waals surface area contributed by atoms with Crippen LogP contribution in [0.1, 0.15) is 0 Å². The third kappa shape index (κ3) is 2.97. The Morgan fingerprint density at radius 1 is 1.24 bits per heavy atom. The molecule has 114 valence electrons. The van der Waals surface area contributed by atoms with E-state index in [-0.39, 0.29) is 18.0 Å². The molecule has 1 fully saturated rings. The number of aliphatic hydroxyl groups excluding tert-OH is 3. The van der Waals surface area contributed by atoms with Crippen LogP contribution in [0.15, 0.2) is 29.6 Å². The van der Waals surface area contributed by atoms with Gasteiger partial charge in [0.1, 0.15) is 18.3 Å². The van der Waals surface area contributed by atoms with Gasteiger partial charge in [0.15, 0.2) is 6.23 Å². The van der Waals surface area contributed by atoms with Gasteiger partial charge in [-0.05, 0) is 12.1 Å². The highest BCUT2D eigenvalue weighted by Gasteiger charge is 2.41. The maximum atomic E-state index is 11.0. The number of nitro groups is 1. The Hall–Kier alpha value is -2.14. The fourth-order valence-corrected chi connectivity index (χ4v) is 1.97. The summed E-state index contributed by atoms with van der Waals surface area (Å²) in [5.74, 6) is 0. The van der Waals surface area contributed by atoms with Crippen LogP contribution in [-0.2, 0) is 4.74 Å². The SMILES string of the molecule is O=NN(c1ccc([N+](=O)[O-])cc1)C1OC[C@@H](O)[C@H](O)[C@H]1O. The smallest absolute Gasteiger partial charge is 0.269 e. The molecule has 0 amide bonds. The molecule has 10 nitrogen and oxygen atoms in total. The molecule has 3 N–H and O–H groups in total. The van der Waals surface area contributed by atoms with Crippen LogP contribution in [0.5, 0.6) is 0 Å². The summed E-state index contributed by atoms with van der Waals surface area (Å²) in [6, 6.07) is 4.84. The summed E-state index contributed by atoms with van der Waals surface area (Å²) in [5.41, 5.74) is -0.0339. The van der Waals surface area contributed by atoms with E-state index in [1.165, 1.54) is 12.1 Å². The van der Waals surface area contributed by atoms with Gasteiger partial charge in [-0.2, -0.15) is 5.01 Å². The second-order valence-electron chi connectivity index (χ2n) is 4.47. The monoisotopic (exact) mass is 299 g/mol. The first kappa shape index (κ1) is 15.3. The van der Waals surface area contributed by atoms with Gasteiger partial charge in [-0.1, -0.05) is 0 Å². The summed E-state index contributed by atoms with van der Waals surface area (Å²) in [4.78, 5) is 20.9. The molecule has 10 heteroatoms. The maximum Gasteiger partial charge on any atom is 0.269 e.